The van der Waals surface area contributed by atoms with E-state index in [9.17, 15) is 9.59 Å². The molecule has 0 spiro atoms. The Bertz CT molecular complexity index is 787. The topological polar surface area (TPSA) is 89.1 Å². The van der Waals surface area contributed by atoms with Crippen molar-refractivity contribution < 1.29 is 23.8 Å². The maximum absolute atomic E-state index is 12.9. The van der Waals surface area contributed by atoms with Gasteiger partial charge >= 0.3 is 12.0 Å². The van der Waals surface area contributed by atoms with Gasteiger partial charge in [0, 0.05) is 12.2 Å². The van der Waals surface area contributed by atoms with Crippen molar-refractivity contribution in [3.63, 3.8) is 0 Å². The van der Waals surface area contributed by atoms with Crippen LogP contribution >= 0.6 is 0 Å². The third-order valence-electron chi connectivity index (χ3n) is 5.22. The van der Waals surface area contributed by atoms with Crippen molar-refractivity contribution in [2.45, 2.75) is 32.2 Å². The highest BCUT2D eigenvalue weighted by Gasteiger charge is 2.34. The first-order valence-corrected chi connectivity index (χ1v) is 9.99. The number of methoxy groups -OCH3 is 2. The van der Waals surface area contributed by atoms with E-state index in [1.165, 1.54) is 6.42 Å². The van der Waals surface area contributed by atoms with E-state index >= 15 is 0 Å². The van der Waals surface area contributed by atoms with E-state index in [1.807, 2.05) is 6.07 Å². The van der Waals surface area contributed by atoms with E-state index in [-0.39, 0.29) is 12.6 Å². The van der Waals surface area contributed by atoms with Crippen molar-refractivity contribution in [2.24, 2.45) is 0 Å². The molecule has 2 heterocycles. The SMILES string of the molecule is CCOC(=O)C1=C(CN2CCCCC2)NC(=O)N[C@H]1c1ccc(OC)c(OC)c1. The number of amides is 2. The fraction of sp³-hybridized carbons (Fsp3) is 0.524. The second-order valence-electron chi connectivity index (χ2n) is 7.10. The Morgan fingerprint density at radius 1 is 1.14 bits per heavy atom. The summed E-state index contributed by atoms with van der Waals surface area (Å²) in [5, 5.41) is 5.69. The van der Waals surface area contributed by atoms with Crippen LogP contribution in [0.15, 0.2) is 29.5 Å². The molecule has 1 atom stereocenters. The Hall–Kier alpha value is -2.74. The molecule has 1 aromatic carbocycles. The molecule has 0 aromatic heterocycles. The smallest absolute Gasteiger partial charge is 0.338 e. The maximum Gasteiger partial charge on any atom is 0.338 e. The molecule has 0 radical (unpaired) electrons. The van der Waals surface area contributed by atoms with Crippen molar-refractivity contribution in [3.05, 3.63) is 35.0 Å². The molecule has 8 heteroatoms. The molecule has 2 N–H and O–H groups in total. The van der Waals surface area contributed by atoms with Crippen LogP contribution in [0.4, 0.5) is 4.79 Å². The number of rotatable bonds is 7. The van der Waals surface area contributed by atoms with Crippen LogP contribution in [0.3, 0.4) is 0 Å². The summed E-state index contributed by atoms with van der Waals surface area (Å²) in [7, 11) is 3.11. The normalized spacial score (nSPS) is 20.0. The zero-order valence-electron chi connectivity index (χ0n) is 17.2. The summed E-state index contributed by atoms with van der Waals surface area (Å²) in [4.78, 5) is 27.6. The molecule has 1 fully saturated rings. The van der Waals surface area contributed by atoms with Gasteiger partial charge in [-0.15, -0.1) is 0 Å². The van der Waals surface area contributed by atoms with Gasteiger partial charge in [-0.05, 0) is 50.6 Å². The van der Waals surface area contributed by atoms with Gasteiger partial charge in [0.2, 0.25) is 0 Å². The molecule has 1 saturated heterocycles. The molecule has 0 unspecified atom stereocenters. The van der Waals surface area contributed by atoms with Gasteiger partial charge in [0.25, 0.3) is 0 Å². The van der Waals surface area contributed by atoms with E-state index in [0.717, 1.165) is 31.5 Å². The monoisotopic (exact) mass is 403 g/mol. The predicted molar refractivity (Wildman–Crippen MR) is 108 cm³/mol. The third-order valence-corrected chi connectivity index (χ3v) is 5.22. The lowest BCUT2D eigenvalue weighted by Crippen LogP contribution is -2.49. The van der Waals surface area contributed by atoms with Crippen molar-refractivity contribution in [1.29, 1.82) is 0 Å². The minimum atomic E-state index is -0.637. The van der Waals surface area contributed by atoms with Crippen LogP contribution in [-0.4, -0.2) is 57.4 Å². The summed E-state index contributed by atoms with van der Waals surface area (Å²) in [6, 6.07) is 4.37. The molecule has 29 heavy (non-hydrogen) atoms. The first-order chi connectivity index (χ1) is 14.1. The van der Waals surface area contributed by atoms with Crippen LogP contribution in [0.25, 0.3) is 0 Å². The van der Waals surface area contributed by atoms with Gasteiger partial charge in [-0.25, -0.2) is 9.59 Å². The summed E-state index contributed by atoms with van der Waals surface area (Å²) >= 11 is 0. The van der Waals surface area contributed by atoms with Gasteiger partial charge in [-0.3, -0.25) is 4.90 Å². The zero-order valence-corrected chi connectivity index (χ0v) is 17.2. The molecule has 3 rings (SSSR count). The van der Waals surface area contributed by atoms with E-state index in [0.29, 0.717) is 29.3 Å². The fourth-order valence-corrected chi connectivity index (χ4v) is 3.82. The molecule has 0 bridgehead atoms. The Kier molecular flexibility index (Phi) is 6.98. The number of carbonyl (C=O) groups is 2. The average molecular weight is 403 g/mol. The number of ether oxygens (including phenoxy) is 3. The highest BCUT2D eigenvalue weighted by molar-refractivity contribution is 5.95. The molecule has 2 aliphatic heterocycles. The quantitative estimate of drug-likeness (QED) is 0.680. The Balaban J connectivity index is 2.01. The second-order valence-corrected chi connectivity index (χ2v) is 7.10. The number of nitrogens with one attached hydrogen (secondary N) is 2. The molecular formula is C21H29N3O5. The van der Waals surface area contributed by atoms with E-state index in [2.05, 4.69) is 15.5 Å². The first kappa shape index (κ1) is 21.0. The van der Waals surface area contributed by atoms with E-state index in [1.54, 1.807) is 33.3 Å². The van der Waals surface area contributed by atoms with Crippen molar-refractivity contribution in [1.82, 2.24) is 15.5 Å². The number of urea groups is 1. The zero-order chi connectivity index (χ0) is 20.8. The van der Waals surface area contributed by atoms with Crippen LogP contribution in [0.5, 0.6) is 11.5 Å². The van der Waals surface area contributed by atoms with Crippen molar-refractivity contribution in [3.8, 4) is 11.5 Å². The number of esters is 1. The molecule has 0 saturated carbocycles. The highest BCUT2D eigenvalue weighted by atomic mass is 16.5. The Morgan fingerprint density at radius 2 is 1.86 bits per heavy atom. The first-order valence-electron chi connectivity index (χ1n) is 9.99. The lowest BCUT2D eigenvalue weighted by molar-refractivity contribution is -0.139. The standard InChI is InChI=1S/C21H29N3O5/c1-4-29-20(25)18-15(13-24-10-6-5-7-11-24)22-21(26)23-19(18)14-8-9-16(27-2)17(12-14)28-3/h8-9,12,19H,4-7,10-11,13H2,1-3H3,(H2,22,23,26)/t19-/m0/s1. The molecular weight excluding hydrogens is 374 g/mol. The Labute approximate surface area is 171 Å². The van der Waals surface area contributed by atoms with Gasteiger partial charge in [-0.2, -0.15) is 0 Å². The van der Waals surface area contributed by atoms with Crippen LogP contribution in [-0.2, 0) is 9.53 Å². The van der Waals surface area contributed by atoms with Crippen LogP contribution in [0.2, 0.25) is 0 Å². The summed E-state index contributed by atoms with van der Waals surface area (Å²) < 4.78 is 16.0. The summed E-state index contributed by atoms with van der Waals surface area (Å²) in [5.41, 5.74) is 1.73. The van der Waals surface area contributed by atoms with Gasteiger partial charge in [0.15, 0.2) is 11.5 Å². The highest BCUT2D eigenvalue weighted by Crippen LogP contribution is 2.34. The lowest BCUT2D eigenvalue weighted by Gasteiger charge is -2.33. The van der Waals surface area contributed by atoms with Crippen LogP contribution < -0.4 is 20.1 Å². The maximum atomic E-state index is 12.9. The predicted octanol–water partition coefficient (Wildman–Crippen LogP) is 2.36. The molecule has 2 amide bonds. The third kappa shape index (κ3) is 4.82. The van der Waals surface area contributed by atoms with Gasteiger partial charge in [-0.1, -0.05) is 12.5 Å². The summed E-state index contributed by atoms with van der Waals surface area (Å²) in [5.74, 6) is 0.664. The minimum absolute atomic E-state index is 0.256. The largest absolute Gasteiger partial charge is 0.493 e. The average Bonchev–Trinajstić information content (AvgIpc) is 2.73. The number of nitrogens with zero attached hydrogens (tertiary/aromatic N) is 1. The molecule has 8 nitrogen and oxygen atoms in total. The van der Waals surface area contributed by atoms with E-state index in [4.69, 9.17) is 14.2 Å². The molecule has 1 aromatic rings. The molecule has 158 valence electrons. The number of likely N-dealkylation sites (tertiary alicyclic amines) is 1. The second kappa shape index (κ2) is 9.65. The number of benzene rings is 1. The number of piperidine rings is 1. The summed E-state index contributed by atoms with van der Waals surface area (Å²) in [6.07, 6.45) is 3.45. The fourth-order valence-electron chi connectivity index (χ4n) is 3.82. The van der Waals surface area contributed by atoms with Gasteiger partial charge < -0.3 is 24.8 Å². The number of hydrogen-bond donors (Lipinski definition) is 2. The molecule has 0 aliphatic carbocycles. The number of carbonyl (C=O) groups excluding carboxylic acids is 2. The lowest BCUT2D eigenvalue weighted by atomic mass is 9.94. The molecule has 2 aliphatic rings. The van der Waals surface area contributed by atoms with Gasteiger partial charge in [0.1, 0.15) is 0 Å². The van der Waals surface area contributed by atoms with Crippen LogP contribution in [0, 0.1) is 0 Å². The Morgan fingerprint density at radius 3 is 2.52 bits per heavy atom. The van der Waals surface area contributed by atoms with E-state index < -0.39 is 12.0 Å². The van der Waals surface area contributed by atoms with Crippen molar-refractivity contribution >= 4 is 12.0 Å². The minimum Gasteiger partial charge on any atom is -0.493 e. The van der Waals surface area contributed by atoms with Gasteiger partial charge in [0.05, 0.1) is 32.4 Å². The van der Waals surface area contributed by atoms with Crippen molar-refractivity contribution in [2.75, 3.05) is 40.5 Å². The number of hydrogen-bond acceptors (Lipinski definition) is 6. The van der Waals surface area contributed by atoms with Crippen LogP contribution in [0.1, 0.15) is 37.8 Å². The summed E-state index contributed by atoms with van der Waals surface area (Å²) in [6.45, 7) is 4.42.